The third-order valence-electron chi connectivity index (χ3n) is 3.06. The molecule has 1 saturated heterocycles. The molecular weight excluding hydrogens is 266 g/mol. The molecule has 0 bridgehead atoms. The Labute approximate surface area is 112 Å². The molecule has 0 radical (unpaired) electrons. The molecule has 1 fully saturated rings. The predicted octanol–water partition coefficient (Wildman–Crippen LogP) is 0.415. The lowest BCUT2D eigenvalue weighted by Gasteiger charge is -2.22. The first kappa shape index (κ1) is 14.0. The van der Waals surface area contributed by atoms with E-state index in [1.165, 1.54) is 12.1 Å². The zero-order valence-corrected chi connectivity index (χ0v) is 11.2. The van der Waals surface area contributed by atoms with E-state index in [9.17, 15) is 13.2 Å². The molecule has 1 aliphatic rings. The Morgan fingerprint density at radius 3 is 2.79 bits per heavy atom. The topological polar surface area (TPSA) is 101 Å². The molecule has 4 N–H and O–H groups in total. The minimum atomic E-state index is -3.75. The summed E-state index contributed by atoms with van der Waals surface area (Å²) in [7, 11) is -3.75. The number of sulfonamides is 1. The third-order valence-corrected chi connectivity index (χ3v) is 3.97. The van der Waals surface area contributed by atoms with E-state index in [1.807, 2.05) is 0 Å². The van der Waals surface area contributed by atoms with Crippen molar-refractivity contribution in [3.05, 3.63) is 24.3 Å². The Bertz CT molecular complexity index is 565. The minimum Gasteiger partial charge on any atom is -0.325 e. The van der Waals surface area contributed by atoms with E-state index < -0.39 is 10.0 Å². The van der Waals surface area contributed by atoms with Gasteiger partial charge >= 0.3 is 0 Å². The fourth-order valence-electron chi connectivity index (χ4n) is 2.06. The predicted molar refractivity (Wildman–Crippen MR) is 72.1 cm³/mol. The molecule has 1 atom stereocenters. The van der Waals surface area contributed by atoms with E-state index in [4.69, 9.17) is 5.14 Å². The van der Waals surface area contributed by atoms with E-state index >= 15 is 0 Å². The largest absolute Gasteiger partial charge is 0.325 e. The number of primary sulfonamides is 1. The summed E-state index contributed by atoms with van der Waals surface area (Å²) in [5.74, 6) is -0.147. The Morgan fingerprint density at radius 2 is 2.16 bits per heavy atom. The van der Waals surface area contributed by atoms with E-state index in [-0.39, 0.29) is 16.8 Å². The van der Waals surface area contributed by atoms with Gasteiger partial charge in [-0.1, -0.05) is 12.5 Å². The van der Waals surface area contributed by atoms with E-state index in [0.29, 0.717) is 5.69 Å². The summed E-state index contributed by atoms with van der Waals surface area (Å²) < 4.78 is 22.5. The molecule has 104 valence electrons. The van der Waals surface area contributed by atoms with Crippen molar-refractivity contribution in [2.24, 2.45) is 5.14 Å². The number of hydrogen-bond acceptors (Lipinski definition) is 4. The summed E-state index contributed by atoms with van der Waals surface area (Å²) in [4.78, 5) is 12.0. The summed E-state index contributed by atoms with van der Waals surface area (Å²) in [6.45, 7) is 0.829. The molecule has 1 heterocycles. The zero-order valence-electron chi connectivity index (χ0n) is 10.4. The van der Waals surface area contributed by atoms with Crippen molar-refractivity contribution in [2.45, 2.75) is 30.2 Å². The fraction of sp³-hybridized carbons (Fsp3) is 0.417. The summed E-state index contributed by atoms with van der Waals surface area (Å²) in [6.07, 6.45) is 2.88. The molecule has 1 aromatic carbocycles. The highest BCUT2D eigenvalue weighted by Crippen LogP contribution is 2.15. The van der Waals surface area contributed by atoms with Gasteiger partial charge in [-0.15, -0.1) is 0 Å². The number of benzene rings is 1. The molecule has 2 rings (SSSR count). The van der Waals surface area contributed by atoms with Crippen LogP contribution in [0, 0.1) is 0 Å². The van der Waals surface area contributed by atoms with Crippen LogP contribution in [0.1, 0.15) is 19.3 Å². The molecule has 1 aromatic rings. The maximum absolute atomic E-state index is 12.0. The molecule has 1 amide bonds. The van der Waals surface area contributed by atoms with E-state index in [1.54, 1.807) is 12.1 Å². The lowest BCUT2D eigenvalue weighted by Crippen LogP contribution is -2.43. The van der Waals surface area contributed by atoms with E-state index in [0.717, 1.165) is 25.8 Å². The highest BCUT2D eigenvalue weighted by molar-refractivity contribution is 7.89. The summed E-state index contributed by atoms with van der Waals surface area (Å²) in [6, 6.07) is 5.71. The van der Waals surface area contributed by atoms with Gasteiger partial charge in [-0.3, -0.25) is 4.79 Å². The normalized spacial score (nSPS) is 19.9. The molecule has 6 nitrogen and oxygen atoms in total. The van der Waals surface area contributed by atoms with Crippen LogP contribution in [0.25, 0.3) is 0 Å². The molecule has 19 heavy (non-hydrogen) atoms. The number of amides is 1. The van der Waals surface area contributed by atoms with Gasteiger partial charge in [0.15, 0.2) is 0 Å². The SMILES string of the molecule is NS(=O)(=O)c1cccc(NC(=O)[C@H]2CCCCN2)c1. The molecule has 0 spiro atoms. The van der Waals surface area contributed by atoms with Gasteiger partial charge in [0.1, 0.15) is 0 Å². The monoisotopic (exact) mass is 283 g/mol. The lowest BCUT2D eigenvalue weighted by atomic mass is 10.0. The maximum Gasteiger partial charge on any atom is 0.241 e. The van der Waals surface area contributed by atoms with Crippen molar-refractivity contribution in [3.8, 4) is 0 Å². The van der Waals surface area contributed by atoms with Crippen LogP contribution in [-0.2, 0) is 14.8 Å². The van der Waals surface area contributed by atoms with Crippen molar-refractivity contribution in [1.29, 1.82) is 0 Å². The van der Waals surface area contributed by atoms with Gasteiger partial charge in [0, 0.05) is 5.69 Å². The average molecular weight is 283 g/mol. The maximum atomic E-state index is 12.0. The average Bonchev–Trinajstić information content (AvgIpc) is 2.39. The second kappa shape index (κ2) is 5.68. The second-order valence-corrected chi connectivity index (χ2v) is 6.13. The van der Waals surface area contributed by atoms with Gasteiger partial charge in [0.25, 0.3) is 0 Å². The standard InChI is InChI=1S/C12H17N3O3S/c13-19(17,18)10-5-3-4-9(8-10)15-12(16)11-6-1-2-7-14-11/h3-5,8,11,14H,1-2,6-7H2,(H,15,16)(H2,13,17,18)/t11-/m1/s1. The first-order valence-electron chi connectivity index (χ1n) is 6.14. The number of piperidine rings is 1. The smallest absolute Gasteiger partial charge is 0.241 e. The Hall–Kier alpha value is -1.44. The molecule has 1 aliphatic heterocycles. The fourth-order valence-corrected chi connectivity index (χ4v) is 2.62. The Morgan fingerprint density at radius 1 is 1.37 bits per heavy atom. The number of anilines is 1. The van der Waals surface area contributed by atoms with Crippen molar-refractivity contribution < 1.29 is 13.2 Å². The number of rotatable bonds is 3. The van der Waals surface area contributed by atoms with Gasteiger partial charge in [0.05, 0.1) is 10.9 Å². The lowest BCUT2D eigenvalue weighted by molar-refractivity contribution is -0.118. The molecule has 0 unspecified atom stereocenters. The highest BCUT2D eigenvalue weighted by Gasteiger charge is 2.20. The number of carbonyl (C=O) groups is 1. The van der Waals surface area contributed by atoms with E-state index in [2.05, 4.69) is 10.6 Å². The number of hydrogen-bond donors (Lipinski definition) is 3. The van der Waals surface area contributed by atoms with Gasteiger partial charge in [-0.05, 0) is 37.6 Å². The van der Waals surface area contributed by atoms with Gasteiger partial charge in [-0.25, -0.2) is 13.6 Å². The Balaban J connectivity index is 2.08. The van der Waals surface area contributed by atoms with Crippen molar-refractivity contribution >= 4 is 21.6 Å². The van der Waals surface area contributed by atoms with Crippen LogP contribution in [-0.4, -0.2) is 26.9 Å². The van der Waals surface area contributed by atoms with Crippen molar-refractivity contribution in [3.63, 3.8) is 0 Å². The minimum absolute atomic E-state index is 0.0121. The summed E-state index contributed by atoms with van der Waals surface area (Å²) in [5, 5.41) is 10.9. The molecular formula is C12H17N3O3S. The second-order valence-electron chi connectivity index (χ2n) is 4.56. The number of carbonyl (C=O) groups excluding carboxylic acids is 1. The molecule has 0 saturated carbocycles. The molecule has 7 heteroatoms. The quantitative estimate of drug-likeness (QED) is 0.748. The van der Waals surface area contributed by atoms with Crippen LogP contribution in [0.2, 0.25) is 0 Å². The summed E-state index contributed by atoms with van der Waals surface area (Å²) in [5.41, 5.74) is 0.434. The number of nitrogens with one attached hydrogen (secondary N) is 2. The van der Waals surface area contributed by atoms with Crippen LogP contribution in [0.5, 0.6) is 0 Å². The van der Waals surface area contributed by atoms with Crippen LogP contribution >= 0.6 is 0 Å². The molecule has 0 aromatic heterocycles. The van der Waals surface area contributed by atoms with Gasteiger partial charge < -0.3 is 10.6 Å². The van der Waals surface area contributed by atoms with Gasteiger partial charge in [0.2, 0.25) is 15.9 Å². The highest BCUT2D eigenvalue weighted by atomic mass is 32.2. The van der Waals surface area contributed by atoms with Gasteiger partial charge in [-0.2, -0.15) is 0 Å². The molecule has 0 aliphatic carbocycles. The van der Waals surface area contributed by atoms with Crippen LogP contribution in [0.4, 0.5) is 5.69 Å². The van der Waals surface area contributed by atoms with Crippen molar-refractivity contribution in [2.75, 3.05) is 11.9 Å². The number of nitrogens with two attached hydrogens (primary N) is 1. The van der Waals surface area contributed by atoms with Crippen LogP contribution < -0.4 is 15.8 Å². The first-order valence-corrected chi connectivity index (χ1v) is 7.68. The van der Waals surface area contributed by atoms with Crippen molar-refractivity contribution in [1.82, 2.24) is 5.32 Å². The van der Waals surface area contributed by atoms with Crippen LogP contribution in [0.15, 0.2) is 29.2 Å². The first-order chi connectivity index (χ1) is 8.97. The zero-order chi connectivity index (χ0) is 13.9. The van der Waals surface area contributed by atoms with Crippen LogP contribution in [0.3, 0.4) is 0 Å². The summed E-state index contributed by atoms with van der Waals surface area (Å²) >= 11 is 0. The Kier molecular flexibility index (Phi) is 4.18. The third kappa shape index (κ3) is 3.76.